The quantitative estimate of drug-likeness (QED) is 0.802. The normalized spacial score (nSPS) is 12.4. The molecule has 0 bridgehead atoms. The predicted molar refractivity (Wildman–Crippen MR) is 56.9 cm³/mol. The highest BCUT2D eigenvalue weighted by molar-refractivity contribution is 5.47. The Hall–Kier alpha value is -1.22. The minimum Gasteiger partial charge on any atom is -0.496 e. The molecule has 1 aromatic rings. The van der Waals surface area contributed by atoms with E-state index in [0.29, 0.717) is 0 Å². The third-order valence-corrected chi connectivity index (χ3v) is 2.30. The highest BCUT2D eigenvalue weighted by Crippen LogP contribution is 2.31. The molecule has 2 N–H and O–H groups in total. The lowest BCUT2D eigenvalue weighted by Gasteiger charge is -2.14. The molecule has 0 aliphatic heterocycles. The third kappa shape index (κ3) is 1.99. The molecule has 0 aliphatic carbocycles. The zero-order valence-electron chi connectivity index (χ0n) is 9.13. The van der Waals surface area contributed by atoms with Gasteiger partial charge in [-0.25, -0.2) is 0 Å². The number of hydrogen-bond donors (Lipinski definition) is 1. The molecule has 0 aromatic heterocycles. The molecule has 0 saturated carbocycles. The van der Waals surface area contributed by atoms with Crippen LogP contribution in [0.4, 0.5) is 0 Å². The average molecular weight is 195 g/mol. The van der Waals surface area contributed by atoms with Crippen LogP contribution in [0.5, 0.6) is 11.5 Å². The number of methoxy groups -OCH3 is 2. The van der Waals surface area contributed by atoms with Gasteiger partial charge in [0.15, 0.2) is 0 Å². The molecule has 0 fully saturated rings. The predicted octanol–water partition coefficient (Wildman–Crippen LogP) is 2.03. The first-order valence-electron chi connectivity index (χ1n) is 4.58. The van der Waals surface area contributed by atoms with Crippen LogP contribution in [0, 0.1) is 6.92 Å². The summed E-state index contributed by atoms with van der Waals surface area (Å²) in [4.78, 5) is 0. The van der Waals surface area contributed by atoms with Gasteiger partial charge in [-0.05, 0) is 31.5 Å². The molecule has 0 aliphatic rings. The molecule has 0 heterocycles. The maximum Gasteiger partial charge on any atom is 0.125 e. The molecule has 0 radical (unpaired) electrons. The van der Waals surface area contributed by atoms with E-state index < -0.39 is 0 Å². The zero-order valence-corrected chi connectivity index (χ0v) is 9.13. The average Bonchev–Trinajstić information content (AvgIpc) is 2.17. The lowest BCUT2D eigenvalue weighted by Crippen LogP contribution is -2.06. The first kappa shape index (κ1) is 10.9. The standard InChI is InChI=1S/C11H17NO2/c1-7-10(13-3)5-9(8(2)12)6-11(7)14-4/h5-6,8H,12H2,1-4H3/t8-/m0/s1. The van der Waals surface area contributed by atoms with Gasteiger partial charge in [0, 0.05) is 11.6 Å². The molecule has 1 rings (SSSR count). The van der Waals surface area contributed by atoms with Gasteiger partial charge in [0.25, 0.3) is 0 Å². The minimum atomic E-state index is -0.0154. The van der Waals surface area contributed by atoms with Gasteiger partial charge in [-0.3, -0.25) is 0 Å². The molecule has 1 atom stereocenters. The molecule has 0 saturated heterocycles. The Balaban J connectivity index is 3.25. The van der Waals surface area contributed by atoms with Gasteiger partial charge in [0.2, 0.25) is 0 Å². The molecule has 3 heteroatoms. The van der Waals surface area contributed by atoms with Crippen molar-refractivity contribution in [3.05, 3.63) is 23.3 Å². The SMILES string of the molecule is COc1cc([C@H](C)N)cc(OC)c1C. The van der Waals surface area contributed by atoms with Gasteiger partial charge in [-0.2, -0.15) is 0 Å². The number of hydrogen-bond acceptors (Lipinski definition) is 3. The molecular formula is C11H17NO2. The number of benzene rings is 1. The molecule has 3 nitrogen and oxygen atoms in total. The van der Waals surface area contributed by atoms with E-state index in [-0.39, 0.29) is 6.04 Å². The van der Waals surface area contributed by atoms with Crippen molar-refractivity contribution in [1.29, 1.82) is 0 Å². The van der Waals surface area contributed by atoms with E-state index in [1.54, 1.807) is 14.2 Å². The highest BCUT2D eigenvalue weighted by atomic mass is 16.5. The van der Waals surface area contributed by atoms with Gasteiger partial charge < -0.3 is 15.2 Å². The summed E-state index contributed by atoms with van der Waals surface area (Å²) in [5.74, 6) is 1.63. The van der Waals surface area contributed by atoms with Gasteiger partial charge in [0.1, 0.15) is 11.5 Å². The van der Waals surface area contributed by atoms with E-state index in [1.165, 1.54) is 0 Å². The van der Waals surface area contributed by atoms with Crippen LogP contribution in [0.2, 0.25) is 0 Å². The number of nitrogens with two attached hydrogens (primary N) is 1. The summed E-state index contributed by atoms with van der Waals surface area (Å²) in [7, 11) is 3.29. The number of ether oxygens (including phenoxy) is 2. The first-order chi connectivity index (χ1) is 6.60. The summed E-state index contributed by atoms with van der Waals surface area (Å²) >= 11 is 0. The summed E-state index contributed by atoms with van der Waals surface area (Å²) in [6.45, 7) is 3.90. The van der Waals surface area contributed by atoms with E-state index >= 15 is 0 Å². The topological polar surface area (TPSA) is 44.5 Å². The van der Waals surface area contributed by atoms with Crippen LogP contribution in [0.15, 0.2) is 12.1 Å². The lowest BCUT2D eigenvalue weighted by atomic mass is 10.1. The van der Waals surface area contributed by atoms with E-state index in [9.17, 15) is 0 Å². The second kappa shape index (κ2) is 4.33. The Morgan fingerprint density at radius 2 is 1.57 bits per heavy atom. The van der Waals surface area contributed by atoms with Gasteiger partial charge in [-0.15, -0.1) is 0 Å². The Kier molecular flexibility index (Phi) is 3.36. The van der Waals surface area contributed by atoms with E-state index in [2.05, 4.69) is 0 Å². The van der Waals surface area contributed by atoms with Crippen molar-refractivity contribution in [2.75, 3.05) is 14.2 Å². The third-order valence-electron chi connectivity index (χ3n) is 2.30. The van der Waals surface area contributed by atoms with Crippen molar-refractivity contribution < 1.29 is 9.47 Å². The maximum atomic E-state index is 5.80. The summed E-state index contributed by atoms with van der Waals surface area (Å²) < 4.78 is 10.5. The van der Waals surface area contributed by atoms with Crippen molar-refractivity contribution >= 4 is 0 Å². The van der Waals surface area contributed by atoms with Gasteiger partial charge in [0.05, 0.1) is 14.2 Å². The fourth-order valence-electron chi connectivity index (χ4n) is 1.37. The smallest absolute Gasteiger partial charge is 0.125 e. The Bertz CT molecular complexity index is 296. The van der Waals surface area contributed by atoms with E-state index in [4.69, 9.17) is 15.2 Å². The summed E-state index contributed by atoms with van der Waals surface area (Å²) in [5, 5.41) is 0. The van der Waals surface area contributed by atoms with Crippen molar-refractivity contribution in [2.24, 2.45) is 5.73 Å². The van der Waals surface area contributed by atoms with Crippen LogP contribution in [0.25, 0.3) is 0 Å². The maximum absolute atomic E-state index is 5.80. The van der Waals surface area contributed by atoms with Crippen LogP contribution >= 0.6 is 0 Å². The second-order valence-electron chi connectivity index (χ2n) is 3.34. The molecule has 1 aromatic carbocycles. The van der Waals surface area contributed by atoms with Crippen molar-refractivity contribution in [2.45, 2.75) is 19.9 Å². The Labute approximate surface area is 84.8 Å². The molecular weight excluding hydrogens is 178 g/mol. The van der Waals surface area contributed by atoms with Crippen LogP contribution in [0.1, 0.15) is 24.1 Å². The van der Waals surface area contributed by atoms with Crippen LogP contribution in [-0.2, 0) is 0 Å². The molecule has 0 unspecified atom stereocenters. The molecule has 0 amide bonds. The fraction of sp³-hybridized carbons (Fsp3) is 0.455. The Morgan fingerprint density at radius 1 is 1.14 bits per heavy atom. The fourth-order valence-corrected chi connectivity index (χ4v) is 1.37. The first-order valence-corrected chi connectivity index (χ1v) is 4.58. The lowest BCUT2D eigenvalue weighted by molar-refractivity contribution is 0.387. The monoisotopic (exact) mass is 195 g/mol. The van der Waals surface area contributed by atoms with Crippen molar-refractivity contribution in [3.63, 3.8) is 0 Å². The summed E-state index contributed by atoms with van der Waals surface area (Å²) in [5.41, 5.74) is 7.82. The van der Waals surface area contributed by atoms with Crippen LogP contribution in [0.3, 0.4) is 0 Å². The van der Waals surface area contributed by atoms with Crippen molar-refractivity contribution in [3.8, 4) is 11.5 Å². The summed E-state index contributed by atoms with van der Waals surface area (Å²) in [6.07, 6.45) is 0. The molecule has 78 valence electrons. The summed E-state index contributed by atoms with van der Waals surface area (Å²) in [6, 6.07) is 3.88. The second-order valence-corrected chi connectivity index (χ2v) is 3.34. The largest absolute Gasteiger partial charge is 0.496 e. The minimum absolute atomic E-state index is 0.0154. The van der Waals surface area contributed by atoms with Crippen molar-refractivity contribution in [1.82, 2.24) is 0 Å². The van der Waals surface area contributed by atoms with Crippen LogP contribution < -0.4 is 15.2 Å². The van der Waals surface area contributed by atoms with Crippen LogP contribution in [-0.4, -0.2) is 14.2 Å². The number of rotatable bonds is 3. The zero-order chi connectivity index (χ0) is 10.7. The van der Waals surface area contributed by atoms with Gasteiger partial charge in [-0.1, -0.05) is 0 Å². The molecule has 0 spiro atoms. The van der Waals surface area contributed by atoms with Gasteiger partial charge >= 0.3 is 0 Å². The Morgan fingerprint density at radius 3 is 1.86 bits per heavy atom. The van der Waals surface area contributed by atoms with E-state index in [0.717, 1.165) is 22.6 Å². The highest BCUT2D eigenvalue weighted by Gasteiger charge is 2.10. The van der Waals surface area contributed by atoms with E-state index in [1.807, 2.05) is 26.0 Å². The molecule has 14 heavy (non-hydrogen) atoms.